The molecule has 2 unspecified atom stereocenters. The van der Waals surface area contributed by atoms with Crippen molar-refractivity contribution in [3.05, 3.63) is 35.4 Å². The molecule has 3 rings (SSSR count). The molecule has 100 valence electrons. The summed E-state index contributed by atoms with van der Waals surface area (Å²) >= 11 is 0. The number of imide groups is 1. The van der Waals surface area contributed by atoms with Crippen LogP contribution in [0.3, 0.4) is 0 Å². The fourth-order valence-corrected chi connectivity index (χ4v) is 3.22. The number of nitrogens with zero attached hydrogens (tertiary/aromatic N) is 1. The highest BCUT2D eigenvalue weighted by atomic mass is 16.3. The van der Waals surface area contributed by atoms with Crippen molar-refractivity contribution in [2.45, 2.75) is 32.4 Å². The SMILES string of the molecule is O=C1C2CCCC2C(=O)N1Cc1cccc(CO)c1. The van der Waals surface area contributed by atoms with E-state index in [2.05, 4.69) is 0 Å². The predicted octanol–water partition coefficient (Wildman–Crippen LogP) is 1.46. The van der Waals surface area contributed by atoms with Crippen LogP contribution in [0.4, 0.5) is 0 Å². The molecular formula is C15H17NO3. The van der Waals surface area contributed by atoms with Crippen LogP contribution in [0, 0.1) is 11.8 Å². The number of amides is 2. The molecule has 2 amide bonds. The average Bonchev–Trinajstić information content (AvgIpc) is 2.99. The summed E-state index contributed by atoms with van der Waals surface area (Å²) in [7, 11) is 0. The first-order chi connectivity index (χ1) is 9.20. The molecule has 2 atom stereocenters. The Morgan fingerprint density at radius 3 is 2.37 bits per heavy atom. The molecular weight excluding hydrogens is 242 g/mol. The average molecular weight is 259 g/mol. The maximum atomic E-state index is 12.2. The molecule has 4 nitrogen and oxygen atoms in total. The first kappa shape index (κ1) is 12.4. The number of aliphatic hydroxyl groups excluding tert-OH is 1. The van der Waals surface area contributed by atoms with Gasteiger partial charge in [-0.2, -0.15) is 0 Å². The zero-order valence-corrected chi connectivity index (χ0v) is 10.7. The first-order valence-electron chi connectivity index (χ1n) is 6.74. The van der Waals surface area contributed by atoms with Crippen molar-refractivity contribution >= 4 is 11.8 Å². The Hall–Kier alpha value is -1.68. The number of rotatable bonds is 3. The third-order valence-electron chi connectivity index (χ3n) is 4.20. The molecule has 1 N–H and O–H groups in total. The molecule has 0 bridgehead atoms. The Kier molecular flexibility index (Phi) is 3.11. The number of likely N-dealkylation sites (tertiary alicyclic amines) is 1. The zero-order chi connectivity index (χ0) is 13.4. The summed E-state index contributed by atoms with van der Waals surface area (Å²) in [6.07, 6.45) is 2.69. The fraction of sp³-hybridized carbons (Fsp3) is 0.467. The van der Waals surface area contributed by atoms with Crippen LogP contribution in [0.15, 0.2) is 24.3 Å². The maximum Gasteiger partial charge on any atom is 0.233 e. The molecule has 1 aliphatic carbocycles. The number of hydrogen-bond donors (Lipinski definition) is 1. The first-order valence-corrected chi connectivity index (χ1v) is 6.74. The van der Waals surface area contributed by atoms with Crippen LogP contribution in [-0.2, 0) is 22.7 Å². The van der Waals surface area contributed by atoms with E-state index in [0.29, 0.717) is 6.54 Å². The lowest BCUT2D eigenvalue weighted by atomic mass is 10.00. The largest absolute Gasteiger partial charge is 0.392 e. The van der Waals surface area contributed by atoms with Gasteiger partial charge in [-0.25, -0.2) is 0 Å². The number of benzene rings is 1. The topological polar surface area (TPSA) is 57.6 Å². The van der Waals surface area contributed by atoms with E-state index in [-0.39, 0.29) is 30.3 Å². The lowest BCUT2D eigenvalue weighted by molar-refractivity contribution is -0.141. The third-order valence-corrected chi connectivity index (χ3v) is 4.20. The summed E-state index contributed by atoms with van der Waals surface area (Å²) < 4.78 is 0. The van der Waals surface area contributed by atoms with Gasteiger partial charge in [-0.3, -0.25) is 14.5 Å². The summed E-state index contributed by atoms with van der Waals surface area (Å²) in [5, 5.41) is 9.11. The van der Waals surface area contributed by atoms with Gasteiger partial charge in [0, 0.05) is 0 Å². The van der Waals surface area contributed by atoms with E-state index in [9.17, 15) is 9.59 Å². The molecule has 1 aromatic rings. The van der Waals surface area contributed by atoms with Crippen molar-refractivity contribution in [2.24, 2.45) is 11.8 Å². The molecule has 0 aromatic heterocycles. The van der Waals surface area contributed by atoms with Gasteiger partial charge in [0.05, 0.1) is 25.0 Å². The Bertz CT molecular complexity index is 504. The van der Waals surface area contributed by atoms with Gasteiger partial charge in [-0.15, -0.1) is 0 Å². The maximum absolute atomic E-state index is 12.2. The Balaban J connectivity index is 1.79. The number of carbonyl (C=O) groups excluding carboxylic acids is 2. The quantitative estimate of drug-likeness (QED) is 0.836. The highest BCUT2D eigenvalue weighted by Crippen LogP contribution is 2.40. The van der Waals surface area contributed by atoms with Crippen LogP contribution in [-0.4, -0.2) is 21.8 Å². The summed E-state index contributed by atoms with van der Waals surface area (Å²) in [6.45, 7) is 0.305. The normalized spacial score (nSPS) is 26.1. The smallest absolute Gasteiger partial charge is 0.233 e. The summed E-state index contributed by atoms with van der Waals surface area (Å²) in [6, 6.07) is 7.39. The van der Waals surface area contributed by atoms with Crippen molar-refractivity contribution < 1.29 is 14.7 Å². The summed E-state index contributed by atoms with van der Waals surface area (Å²) in [5.41, 5.74) is 1.70. The number of aliphatic hydroxyl groups is 1. The molecule has 2 aliphatic rings. The molecule has 19 heavy (non-hydrogen) atoms. The van der Waals surface area contributed by atoms with E-state index in [1.54, 1.807) is 0 Å². The van der Waals surface area contributed by atoms with E-state index in [1.165, 1.54) is 4.90 Å². The van der Waals surface area contributed by atoms with Gasteiger partial charge in [0.2, 0.25) is 11.8 Å². The molecule has 1 saturated heterocycles. The molecule has 1 saturated carbocycles. The lowest BCUT2D eigenvalue weighted by Gasteiger charge is -2.16. The third kappa shape index (κ3) is 2.06. The van der Waals surface area contributed by atoms with E-state index in [4.69, 9.17) is 5.11 Å². The molecule has 1 aromatic carbocycles. The minimum Gasteiger partial charge on any atom is -0.392 e. The molecule has 1 aliphatic heterocycles. The van der Waals surface area contributed by atoms with E-state index < -0.39 is 0 Å². The van der Waals surface area contributed by atoms with E-state index >= 15 is 0 Å². The Morgan fingerprint density at radius 1 is 1.11 bits per heavy atom. The Labute approximate surface area is 112 Å². The second-order valence-electron chi connectivity index (χ2n) is 5.38. The van der Waals surface area contributed by atoms with Gasteiger partial charge < -0.3 is 5.11 Å². The number of fused-ring (bicyclic) bond motifs is 1. The van der Waals surface area contributed by atoms with Crippen molar-refractivity contribution in [1.82, 2.24) is 4.90 Å². The van der Waals surface area contributed by atoms with Crippen molar-refractivity contribution in [2.75, 3.05) is 0 Å². The molecule has 4 heteroatoms. The predicted molar refractivity (Wildman–Crippen MR) is 68.8 cm³/mol. The van der Waals surface area contributed by atoms with Gasteiger partial charge in [0.15, 0.2) is 0 Å². The van der Waals surface area contributed by atoms with Gasteiger partial charge >= 0.3 is 0 Å². The fourth-order valence-electron chi connectivity index (χ4n) is 3.22. The van der Waals surface area contributed by atoms with Crippen molar-refractivity contribution in [3.63, 3.8) is 0 Å². The molecule has 1 heterocycles. The van der Waals surface area contributed by atoms with Crippen LogP contribution >= 0.6 is 0 Å². The minimum atomic E-state index is -0.0754. The van der Waals surface area contributed by atoms with Crippen molar-refractivity contribution in [3.8, 4) is 0 Å². The van der Waals surface area contributed by atoms with Gasteiger partial charge in [0.25, 0.3) is 0 Å². The molecule has 0 spiro atoms. The van der Waals surface area contributed by atoms with Crippen LogP contribution in [0.5, 0.6) is 0 Å². The standard InChI is InChI=1S/C15H17NO3/c17-9-11-4-1-3-10(7-11)8-16-14(18)12-5-2-6-13(12)15(16)19/h1,3-4,7,12-13,17H,2,5-6,8-9H2. The summed E-state index contributed by atoms with van der Waals surface area (Å²) in [4.78, 5) is 25.8. The van der Waals surface area contributed by atoms with Crippen LogP contribution < -0.4 is 0 Å². The number of carbonyl (C=O) groups is 2. The molecule has 0 radical (unpaired) electrons. The van der Waals surface area contributed by atoms with Crippen LogP contribution in [0.1, 0.15) is 30.4 Å². The minimum absolute atomic E-state index is 0.0121. The van der Waals surface area contributed by atoms with Gasteiger partial charge in [-0.1, -0.05) is 30.7 Å². The number of hydrogen-bond acceptors (Lipinski definition) is 3. The van der Waals surface area contributed by atoms with Crippen LogP contribution in [0.2, 0.25) is 0 Å². The second kappa shape index (κ2) is 4.78. The van der Waals surface area contributed by atoms with Crippen molar-refractivity contribution in [1.29, 1.82) is 0 Å². The molecule has 2 fully saturated rings. The lowest BCUT2D eigenvalue weighted by Crippen LogP contribution is -2.31. The van der Waals surface area contributed by atoms with Gasteiger partial charge in [0.1, 0.15) is 0 Å². The zero-order valence-electron chi connectivity index (χ0n) is 10.7. The van der Waals surface area contributed by atoms with Gasteiger partial charge in [-0.05, 0) is 24.0 Å². The second-order valence-corrected chi connectivity index (χ2v) is 5.38. The van der Waals surface area contributed by atoms with E-state index in [1.807, 2.05) is 24.3 Å². The monoisotopic (exact) mass is 259 g/mol. The highest BCUT2D eigenvalue weighted by molar-refractivity contribution is 6.05. The van der Waals surface area contributed by atoms with E-state index in [0.717, 1.165) is 30.4 Å². The van der Waals surface area contributed by atoms with Crippen LogP contribution in [0.25, 0.3) is 0 Å². The highest BCUT2D eigenvalue weighted by Gasteiger charge is 2.49. The Morgan fingerprint density at radius 2 is 1.74 bits per heavy atom. The summed E-state index contributed by atoms with van der Waals surface area (Å²) in [5.74, 6) is -0.175.